The molecule has 2 aliphatic heterocycles. The van der Waals surface area contributed by atoms with Crippen molar-refractivity contribution in [2.75, 3.05) is 0 Å². The lowest BCUT2D eigenvalue weighted by Crippen LogP contribution is -2.01. The number of thiazole rings is 1. The van der Waals surface area contributed by atoms with E-state index in [2.05, 4.69) is 47.7 Å². The molecular formula is C20H20N6OS. The molecule has 4 aromatic heterocycles. The molecule has 0 aliphatic carbocycles. The van der Waals surface area contributed by atoms with E-state index in [-0.39, 0.29) is 0 Å². The molecular weight excluding hydrogens is 372 g/mol. The van der Waals surface area contributed by atoms with Crippen LogP contribution in [0.1, 0.15) is 71.4 Å². The van der Waals surface area contributed by atoms with E-state index < -0.39 is 0 Å². The fourth-order valence-corrected chi connectivity index (χ4v) is 5.12. The predicted molar refractivity (Wildman–Crippen MR) is 105 cm³/mol. The molecule has 4 aromatic rings. The summed E-state index contributed by atoms with van der Waals surface area (Å²) in [7, 11) is 0. The van der Waals surface area contributed by atoms with Gasteiger partial charge in [-0.2, -0.15) is 10.1 Å². The molecule has 1 atom stereocenters. The Kier molecular flexibility index (Phi) is 3.27. The minimum absolute atomic E-state index is 0.291. The van der Waals surface area contributed by atoms with E-state index in [0.29, 0.717) is 11.8 Å². The molecule has 0 saturated carbocycles. The predicted octanol–water partition coefficient (Wildman–Crippen LogP) is 3.78. The van der Waals surface area contributed by atoms with Crippen LogP contribution in [0.15, 0.2) is 22.9 Å². The number of hydrogen-bond acceptors (Lipinski definition) is 6. The summed E-state index contributed by atoms with van der Waals surface area (Å²) in [5, 5.41) is 5.55. The van der Waals surface area contributed by atoms with Crippen LogP contribution >= 0.6 is 11.3 Å². The maximum absolute atomic E-state index is 5.89. The van der Waals surface area contributed by atoms with Gasteiger partial charge in [-0.05, 0) is 6.07 Å². The first-order valence-electron chi connectivity index (χ1n) is 9.67. The molecule has 0 N–H and O–H groups in total. The molecule has 0 amide bonds. The minimum atomic E-state index is 0.291. The molecule has 1 unspecified atom stereocenters. The molecule has 8 heteroatoms. The molecule has 6 heterocycles. The normalized spacial score (nSPS) is 15.0. The molecule has 28 heavy (non-hydrogen) atoms. The van der Waals surface area contributed by atoms with Crippen molar-refractivity contribution in [1.82, 2.24) is 29.3 Å². The number of imidazole rings is 1. The highest BCUT2D eigenvalue weighted by molar-refractivity contribution is 7.12. The van der Waals surface area contributed by atoms with Crippen molar-refractivity contribution < 1.29 is 4.42 Å². The molecule has 0 radical (unpaired) electrons. The van der Waals surface area contributed by atoms with Crippen molar-refractivity contribution in [2.45, 2.75) is 51.9 Å². The quantitative estimate of drug-likeness (QED) is 0.456. The highest BCUT2D eigenvalue weighted by atomic mass is 32.1. The van der Waals surface area contributed by atoms with E-state index in [1.165, 1.54) is 10.6 Å². The monoisotopic (exact) mass is 392 g/mol. The van der Waals surface area contributed by atoms with Crippen molar-refractivity contribution in [2.24, 2.45) is 0 Å². The maximum Gasteiger partial charge on any atom is 0.199 e. The van der Waals surface area contributed by atoms with Gasteiger partial charge in [-0.15, -0.1) is 11.3 Å². The van der Waals surface area contributed by atoms with Crippen LogP contribution in [0.25, 0.3) is 11.6 Å². The summed E-state index contributed by atoms with van der Waals surface area (Å²) in [4.78, 5) is 15.7. The second-order valence-electron chi connectivity index (χ2n) is 7.96. The summed E-state index contributed by atoms with van der Waals surface area (Å²) >= 11 is 1.80. The second-order valence-corrected chi connectivity index (χ2v) is 9.08. The molecule has 2 aliphatic rings. The molecule has 0 spiro atoms. The Morgan fingerprint density at radius 3 is 2.89 bits per heavy atom. The van der Waals surface area contributed by atoms with E-state index in [0.717, 1.165) is 59.1 Å². The Hall–Kier alpha value is -2.74. The molecule has 0 bridgehead atoms. The zero-order valence-electron chi connectivity index (χ0n) is 16.0. The fraction of sp³-hybridized carbons (Fsp3) is 0.400. The number of fused-ring (bicyclic) bond motifs is 6. The maximum atomic E-state index is 5.89. The van der Waals surface area contributed by atoms with Gasteiger partial charge < -0.3 is 4.42 Å². The Balaban J connectivity index is 1.25. The smallest absolute Gasteiger partial charge is 0.199 e. The number of nitrogens with zero attached hydrogens (tertiary/aromatic N) is 6. The number of hydrogen-bond donors (Lipinski definition) is 0. The Morgan fingerprint density at radius 2 is 2.04 bits per heavy atom. The summed E-state index contributed by atoms with van der Waals surface area (Å²) in [6.45, 7) is 6.42. The Morgan fingerprint density at radius 1 is 1.14 bits per heavy atom. The van der Waals surface area contributed by atoms with Gasteiger partial charge in [-0.25, -0.2) is 14.6 Å². The lowest BCUT2D eigenvalue weighted by molar-refractivity contribution is 0.443. The van der Waals surface area contributed by atoms with Crippen LogP contribution in [0.3, 0.4) is 0 Å². The van der Waals surface area contributed by atoms with Crippen molar-refractivity contribution in [3.8, 4) is 11.6 Å². The summed E-state index contributed by atoms with van der Waals surface area (Å²) in [5.41, 5.74) is 2.31. The highest BCUT2D eigenvalue weighted by Gasteiger charge is 2.29. The van der Waals surface area contributed by atoms with E-state index >= 15 is 0 Å². The summed E-state index contributed by atoms with van der Waals surface area (Å²) < 4.78 is 9.94. The Labute approximate surface area is 166 Å². The minimum Gasteiger partial charge on any atom is -0.443 e. The number of rotatable bonds is 4. The largest absolute Gasteiger partial charge is 0.443 e. The third-order valence-corrected chi connectivity index (χ3v) is 6.73. The van der Waals surface area contributed by atoms with Crippen molar-refractivity contribution in [3.05, 3.63) is 57.2 Å². The molecule has 0 fully saturated rings. The summed E-state index contributed by atoms with van der Waals surface area (Å²) in [5.74, 6) is 5.26. The first kappa shape index (κ1) is 16.2. The lowest BCUT2D eigenvalue weighted by Gasteiger charge is -2.06. The van der Waals surface area contributed by atoms with Gasteiger partial charge >= 0.3 is 0 Å². The second kappa shape index (κ2) is 5.64. The third-order valence-electron chi connectivity index (χ3n) is 5.46. The highest BCUT2D eigenvalue weighted by Crippen LogP contribution is 2.36. The third kappa shape index (κ3) is 2.27. The van der Waals surface area contributed by atoms with Gasteiger partial charge in [0.15, 0.2) is 23.3 Å². The Bertz CT molecular complexity index is 1210. The van der Waals surface area contributed by atoms with E-state index in [9.17, 15) is 0 Å². The van der Waals surface area contributed by atoms with Crippen LogP contribution in [0.4, 0.5) is 0 Å². The van der Waals surface area contributed by atoms with E-state index in [1.54, 1.807) is 11.3 Å². The SMILES string of the molecule is CC(C)c1nc2c(o1)Cc1nc(CC(C)c3nc4c(s3)Cc3ccnn3-4)cn1-2. The molecule has 142 valence electrons. The summed E-state index contributed by atoms with van der Waals surface area (Å²) in [6, 6.07) is 2.06. The van der Waals surface area contributed by atoms with Gasteiger partial charge in [-0.3, -0.25) is 4.57 Å². The van der Waals surface area contributed by atoms with Crippen molar-refractivity contribution in [1.29, 1.82) is 0 Å². The zero-order chi connectivity index (χ0) is 19.0. The molecule has 0 saturated heterocycles. The topological polar surface area (TPSA) is 74.6 Å². The average molecular weight is 392 g/mol. The molecule has 7 nitrogen and oxygen atoms in total. The van der Waals surface area contributed by atoms with Gasteiger partial charge in [0.25, 0.3) is 0 Å². The van der Waals surface area contributed by atoms with Gasteiger partial charge in [-0.1, -0.05) is 20.8 Å². The van der Waals surface area contributed by atoms with Crippen LogP contribution in [0.2, 0.25) is 0 Å². The van der Waals surface area contributed by atoms with Crippen molar-refractivity contribution >= 4 is 11.3 Å². The van der Waals surface area contributed by atoms with Crippen LogP contribution in [-0.2, 0) is 19.3 Å². The first-order chi connectivity index (χ1) is 13.6. The van der Waals surface area contributed by atoms with Crippen LogP contribution < -0.4 is 0 Å². The van der Waals surface area contributed by atoms with Gasteiger partial charge in [0, 0.05) is 37.1 Å². The first-order valence-corrected chi connectivity index (χ1v) is 10.5. The van der Waals surface area contributed by atoms with Crippen LogP contribution in [0, 0.1) is 0 Å². The number of aromatic nitrogens is 6. The van der Waals surface area contributed by atoms with Gasteiger partial charge in [0.1, 0.15) is 5.82 Å². The molecule has 0 aromatic carbocycles. The van der Waals surface area contributed by atoms with E-state index in [1.807, 2.05) is 10.9 Å². The van der Waals surface area contributed by atoms with Gasteiger partial charge in [0.05, 0.1) is 27.7 Å². The zero-order valence-corrected chi connectivity index (χ0v) is 16.8. The van der Waals surface area contributed by atoms with Gasteiger partial charge in [0.2, 0.25) is 0 Å². The van der Waals surface area contributed by atoms with Crippen LogP contribution in [0.5, 0.6) is 0 Å². The standard InChI is InChI=1S/C20H20N6OS/c1-10(2)19-23-17-14(27-19)8-16-22-12(9-25(16)17)6-11(3)20-24-18-15(28-20)7-13-4-5-21-26(13)18/h4-5,9-11H,6-8H2,1-3H3. The number of oxazole rings is 1. The average Bonchev–Trinajstić information content (AvgIpc) is 3.40. The summed E-state index contributed by atoms with van der Waals surface area (Å²) in [6.07, 6.45) is 6.47. The van der Waals surface area contributed by atoms with E-state index in [4.69, 9.17) is 14.4 Å². The molecule has 6 rings (SSSR count). The fourth-order valence-electron chi connectivity index (χ4n) is 4.01. The van der Waals surface area contributed by atoms with Crippen LogP contribution in [-0.4, -0.2) is 29.3 Å². The van der Waals surface area contributed by atoms with Crippen molar-refractivity contribution in [3.63, 3.8) is 0 Å². The lowest BCUT2D eigenvalue weighted by atomic mass is 10.1.